The predicted molar refractivity (Wildman–Crippen MR) is 159 cm³/mol. The first kappa shape index (κ1) is 31.4. The van der Waals surface area contributed by atoms with Gasteiger partial charge in [0, 0.05) is 37.1 Å². The van der Waals surface area contributed by atoms with Crippen LogP contribution in [0.1, 0.15) is 62.2 Å². The van der Waals surface area contributed by atoms with Crippen LogP contribution in [0.15, 0.2) is 47.4 Å². The van der Waals surface area contributed by atoms with Gasteiger partial charge >= 0.3 is 0 Å². The van der Waals surface area contributed by atoms with Crippen LogP contribution in [0, 0.1) is 11.3 Å². The number of nitrogens with two attached hydrogens (primary N) is 1. The van der Waals surface area contributed by atoms with Crippen molar-refractivity contribution in [3.63, 3.8) is 0 Å². The summed E-state index contributed by atoms with van der Waals surface area (Å²) in [5, 5.41) is 11.9. The van der Waals surface area contributed by atoms with E-state index in [1.165, 1.54) is 31.3 Å². The number of anilines is 3. The number of nitrogens with zero attached hydrogens (tertiary/aromatic N) is 3. The quantitative estimate of drug-likeness (QED) is 0.334. The van der Waals surface area contributed by atoms with Crippen molar-refractivity contribution < 1.29 is 21.6 Å². The summed E-state index contributed by atoms with van der Waals surface area (Å²) in [7, 11) is -5.72. The lowest BCUT2D eigenvalue weighted by Gasteiger charge is -2.25. The van der Waals surface area contributed by atoms with Gasteiger partial charge in [-0.25, -0.2) is 16.8 Å². The van der Waals surface area contributed by atoms with Gasteiger partial charge in [0.1, 0.15) is 0 Å². The predicted octanol–water partition coefficient (Wildman–Crippen LogP) is 3.90. The van der Waals surface area contributed by atoms with Crippen LogP contribution in [-0.2, 0) is 19.9 Å². The van der Waals surface area contributed by atoms with Crippen LogP contribution >= 0.6 is 0 Å². The average Bonchev–Trinajstić information content (AvgIpc) is 3.29. The Labute approximate surface area is 238 Å². The second kappa shape index (κ2) is 13.0. The molecule has 0 aliphatic carbocycles. The van der Waals surface area contributed by atoms with E-state index in [0.717, 1.165) is 36.2 Å². The molecule has 1 amide bonds. The van der Waals surface area contributed by atoms with E-state index in [-0.39, 0.29) is 28.3 Å². The number of nitriles is 1. The lowest BCUT2D eigenvalue weighted by Crippen LogP contribution is -2.42. The Morgan fingerprint density at radius 2 is 1.77 bits per heavy atom. The van der Waals surface area contributed by atoms with Gasteiger partial charge in [-0.15, -0.1) is 0 Å². The number of carbonyl (C=O) groups excluding carboxylic acids is 1. The van der Waals surface area contributed by atoms with Gasteiger partial charge in [0.05, 0.1) is 40.6 Å². The van der Waals surface area contributed by atoms with Crippen molar-refractivity contribution >= 4 is 42.8 Å². The van der Waals surface area contributed by atoms with E-state index >= 15 is 0 Å². The monoisotopic (exact) mass is 589 g/mol. The van der Waals surface area contributed by atoms with Crippen molar-refractivity contribution in [2.24, 2.45) is 5.73 Å². The molecule has 3 N–H and O–H groups in total. The van der Waals surface area contributed by atoms with E-state index in [4.69, 9.17) is 11.0 Å². The van der Waals surface area contributed by atoms with E-state index in [9.17, 15) is 21.6 Å². The third-order valence-corrected chi connectivity index (χ3v) is 10.2. The molecule has 0 saturated carbocycles. The van der Waals surface area contributed by atoms with Crippen molar-refractivity contribution in [3.05, 3.63) is 48.0 Å². The van der Waals surface area contributed by atoms with Crippen LogP contribution in [0.5, 0.6) is 0 Å². The summed E-state index contributed by atoms with van der Waals surface area (Å²) in [6.07, 6.45) is 6.53. The highest BCUT2D eigenvalue weighted by Gasteiger charge is 2.35. The summed E-state index contributed by atoms with van der Waals surface area (Å²) in [6, 6.07) is 13.0. The second-order valence-corrected chi connectivity index (χ2v) is 14.6. The van der Waals surface area contributed by atoms with Gasteiger partial charge in [-0.1, -0.05) is 32.6 Å². The lowest BCUT2D eigenvalue weighted by atomic mass is 9.97. The zero-order valence-electron chi connectivity index (χ0n) is 23.4. The SMILES string of the molecule is CCCCCCCS(=O)(=O)c1ccc(NC(=O)c2cc(N3CCC(N)(CC#N)C3)ccc2N(C)S(C)(=O)=O)cc1. The molecule has 0 radical (unpaired) electrons. The van der Waals surface area contributed by atoms with Crippen molar-refractivity contribution in [1.29, 1.82) is 5.26 Å². The highest BCUT2D eigenvalue weighted by atomic mass is 32.2. The smallest absolute Gasteiger partial charge is 0.257 e. The summed E-state index contributed by atoms with van der Waals surface area (Å²) in [5.74, 6) is -0.472. The molecule has 2 aromatic carbocycles. The van der Waals surface area contributed by atoms with Crippen molar-refractivity contribution in [2.75, 3.05) is 46.7 Å². The number of carbonyl (C=O) groups is 1. The molecule has 1 aliphatic heterocycles. The number of hydrogen-bond acceptors (Lipinski definition) is 8. The Kier molecular flexibility index (Phi) is 10.2. The normalized spacial score (nSPS) is 17.4. The fraction of sp³-hybridized carbons (Fsp3) is 0.500. The maximum absolute atomic E-state index is 13.4. The van der Waals surface area contributed by atoms with E-state index in [1.54, 1.807) is 18.2 Å². The zero-order chi connectivity index (χ0) is 29.6. The minimum absolute atomic E-state index is 0.0748. The molecule has 218 valence electrons. The van der Waals surface area contributed by atoms with Gasteiger partial charge in [0.15, 0.2) is 9.84 Å². The summed E-state index contributed by atoms with van der Waals surface area (Å²) in [5.41, 5.74) is 7.07. The van der Waals surface area contributed by atoms with Crippen LogP contribution in [0.2, 0.25) is 0 Å². The molecule has 1 fully saturated rings. The minimum atomic E-state index is -3.66. The first-order valence-corrected chi connectivity index (χ1v) is 16.9. The van der Waals surface area contributed by atoms with Gasteiger partial charge in [-0.3, -0.25) is 9.10 Å². The molecule has 10 nitrogen and oxygen atoms in total. The summed E-state index contributed by atoms with van der Waals surface area (Å²) in [4.78, 5) is 15.6. The molecule has 0 bridgehead atoms. The molecule has 1 aliphatic rings. The van der Waals surface area contributed by atoms with Gasteiger partial charge < -0.3 is 16.0 Å². The second-order valence-electron chi connectivity index (χ2n) is 10.5. The minimum Gasteiger partial charge on any atom is -0.370 e. The standard InChI is InChI=1S/C28H39N5O5S2/c1-4-5-6-7-8-19-40(37,38)24-12-9-22(10-13-24)31-27(34)25-20-23(11-14-26(25)32(2)39(3,35)36)33-18-16-28(30,21-33)15-17-29/h9-14,20H,4-8,15-16,18-19,21,30H2,1-3H3,(H,31,34). The van der Waals surface area contributed by atoms with Gasteiger partial charge in [0.2, 0.25) is 10.0 Å². The first-order valence-electron chi connectivity index (χ1n) is 13.4. The van der Waals surface area contributed by atoms with Gasteiger partial charge in [-0.2, -0.15) is 5.26 Å². The fourth-order valence-corrected chi connectivity index (χ4v) is 6.62. The molecule has 3 rings (SSSR count). The van der Waals surface area contributed by atoms with Crippen LogP contribution in [0.4, 0.5) is 17.1 Å². The molecule has 0 aromatic heterocycles. The molecule has 2 aromatic rings. The molecule has 1 heterocycles. The van der Waals surface area contributed by atoms with Crippen molar-refractivity contribution in [3.8, 4) is 6.07 Å². The van der Waals surface area contributed by atoms with Crippen LogP contribution in [-0.4, -0.2) is 60.4 Å². The highest BCUT2D eigenvalue weighted by molar-refractivity contribution is 7.92. The number of sulfone groups is 1. The Morgan fingerprint density at radius 3 is 2.40 bits per heavy atom. The third kappa shape index (κ3) is 7.96. The number of amides is 1. The van der Waals surface area contributed by atoms with Crippen molar-refractivity contribution in [1.82, 2.24) is 0 Å². The average molecular weight is 590 g/mol. The summed E-state index contributed by atoms with van der Waals surface area (Å²) >= 11 is 0. The number of nitrogens with one attached hydrogen (secondary N) is 1. The van der Waals surface area contributed by atoms with Crippen LogP contribution < -0.4 is 20.3 Å². The molecule has 40 heavy (non-hydrogen) atoms. The maximum Gasteiger partial charge on any atom is 0.257 e. The Bertz CT molecular complexity index is 1450. The highest BCUT2D eigenvalue weighted by Crippen LogP contribution is 2.32. The Morgan fingerprint density at radius 1 is 1.10 bits per heavy atom. The number of benzene rings is 2. The van der Waals surface area contributed by atoms with Gasteiger partial charge in [-0.05, 0) is 55.3 Å². The van der Waals surface area contributed by atoms with E-state index in [2.05, 4.69) is 18.3 Å². The van der Waals surface area contributed by atoms with E-state index < -0.39 is 31.3 Å². The van der Waals surface area contributed by atoms with Crippen LogP contribution in [0.25, 0.3) is 0 Å². The van der Waals surface area contributed by atoms with E-state index in [0.29, 0.717) is 37.3 Å². The number of hydrogen-bond donors (Lipinski definition) is 2. The number of unbranched alkanes of at least 4 members (excludes halogenated alkanes) is 4. The topological polar surface area (TPSA) is 154 Å². The maximum atomic E-state index is 13.4. The molecular weight excluding hydrogens is 550 g/mol. The summed E-state index contributed by atoms with van der Waals surface area (Å²) < 4.78 is 51.0. The number of rotatable bonds is 13. The Hall–Kier alpha value is -3.14. The molecule has 12 heteroatoms. The number of sulfonamides is 1. The van der Waals surface area contributed by atoms with Gasteiger partial charge in [0.25, 0.3) is 5.91 Å². The molecule has 1 unspecified atom stereocenters. The molecule has 1 saturated heterocycles. The lowest BCUT2D eigenvalue weighted by molar-refractivity contribution is 0.102. The zero-order valence-corrected chi connectivity index (χ0v) is 25.0. The Balaban J connectivity index is 1.82. The first-order chi connectivity index (χ1) is 18.8. The van der Waals surface area contributed by atoms with Crippen LogP contribution in [0.3, 0.4) is 0 Å². The largest absolute Gasteiger partial charge is 0.370 e. The molecular formula is C28H39N5O5S2. The van der Waals surface area contributed by atoms with E-state index in [1.807, 2.05) is 4.90 Å². The summed E-state index contributed by atoms with van der Waals surface area (Å²) in [6.45, 7) is 3.13. The molecule has 0 spiro atoms. The third-order valence-electron chi connectivity index (χ3n) is 7.23. The fourth-order valence-electron chi connectivity index (χ4n) is 4.73. The molecule has 1 atom stereocenters. The van der Waals surface area contributed by atoms with Crippen molar-refractivity contribution in [2.45, 2.75) is 62.3 Å².